The highest BCUT2D eigenvalue weighted by molar-refractivity contribution is 6.47. The average Bonchev–Trinajstić information content (AvgIpc) is 2.74. The molecule has 3 rings (SSSR count). The minimum Gasteiger partial charge on any atom is -0.535 e. The molecule has 1 N–H and O–H groups in total. The van der Waals surface area contributed by atoms with E-state index in [9.17, 15) is 19.4 Å². The Morgan fingerprint density at radius 3 is 2.80 bits per heavy atom. The first kappa shape index (κ1) is 21.5. The fraction of sp³-hybridized carbons (Fsp3) is 0.333. The summed E-state index contributed by atoms with van der Waals surface area (Å²) in [5, 5.41) is 10.3. The molecule has 1 aliphatic rings. The second-order valence-electron chi connectivity index (χ2n) is 6.97. The number of aromatic nitrogens is 1. The van der Waals surface area contributed by atoms with Gasteiger partial charge in [0.15, 0.2) is 0 Å². The minimum absolute atomic E-state index is 0.0132. The number of ketones is 1. The van der Waals surface area contributed by atoms with Crippen molar-refractivity contribution in [3.63, 3.8) is 0 Å². The van der Waals surface area contributed by atoms with Crippen LogP contribution in [0.4, 0.5) is 0 Å². The summed E-state index contributed by atoms with van der Waals surface area (Å²) in [6.07, 6.45) is 4.16. The molecule has 2 heterocycles. The zero-order chi connectivity index (χ0) is 21.5. The Balaban J connectivity index is 1.58. The number of esters is 2. The Labute approximate surface area is 174 Å². The number of nitrogens with zero attached hydrogens (tertiary/aromatic N) is 1. The van der Waals surface area contributed by atoms with Gasteiger partial charge in [-0.15, -0.1) is 0 Å². The van der Waals surface area contributed by atoms with E-state index in [2.05, 4.69) is 4.98 Å². The maximum absolute atomic E-state index is 12.4. The summed E-state index contributed by atoms with van der Waals surface area (Å²) in [7, 11) is -1.20. The van der Waals surface area contributed by atoms with Crippen LogP contribution in [0.1, 0.15) is 41.3 Å². The van der Waals surface area contributed by atoms with Gasteiger partial charge in [0.25, 0.3) is 0 Å². The highest BCUT2D eigenvalue weighted by Crippen LogP contribution is 2.36. The van der Waals surface area contributed by atoms with Gasteiger partial charge >= 0.3 is 19.1 Å². The molecule has 30 heavy (non-hydrogen) atoms. The van der Waals surface area contributed by atoms with Crippen molar-refractivity contribution in [1.82, 2.24) is 4.98 Å². The molecular weight excluding hydrogens is 389 g/mol. The molecular formula is C21H22BNO7. The van der Waals surface area contributed by atoms with Crippen LogP contribution in [0.25, 0.3) is 0 Å². The van der Waals surface area contributed by atoms with E-state index in [4.69, 9.17) is 14.1 Å². The van der Waals surface area contributed by atoms with Crippen LogP contribution >= 0.6 is 0 Å². The monoisotopic (exact) mass is 411 g/mol. The van der Waals surface area contributed by atoms with Gasteiger partial charge < -0.3 is 19.2 Å². The zero-order valence-corrected chi connectivity index (χ0v) is 16.6. The second kappa shape index (κ2) is 10.0. The van der Waals surface area contributed by atoms with Gasteiger partial charge in [0.2, 0.25) is 6.79 Å². The van der Waals surface area contributed by atoms with Crippen molar-refractivity contribution in [2.45, 2.75) is 38.4 Å². The summed E-state index contributed by atoms with van der Waals surface area (Å²) in [6, 6.07) is 8.39. The van der Waals surface area contributed by atoms with Crippen LogP contribution in [0, 0.1) is 0 Å². The maximum atomic E-state index is 12.4. The summed E-state index contributed by atoms with van der Waals surface area (Å²) in [6.45, 7) is 1.22. The average molecular weight is 411 g/mol. The summed E-state index contributed by atoms with van der Waals surface area (Å²) in [4.78, 5) is 39.9. The van der Waals surface area contributed by atoms with Crippen molar-refractivity contribution in [3.8, 4) is 5.75 Å². The van der Waals surface area contributed by atoms with Crippen LogP contribution in [0.15, 0.2) is 42.7 Å². The van der Waals surface area contributed by atoms with E-state index in [1.807, 2.05) is 0 Å². The number of ether oxygens (including phenoxy) is 2. The quantitative estimate of drug-likeness (QED) is 0.400. The fourth-order valence-electron chi connectivity index (χ4n) is 3.20. The number of pyridine rings is 1. The molecule has 0 aliphatic carbocycles. The van der Waals surface area contributed by atoms with Crippen LogP contribution in [0.3, 0.4) is 0 Å². The predicted molar refractivity (Wildman–Crippen MR) is 107 cm³/mol. The lowest BCUT2D eigenvalue weighted by molar-refractivity contribution is -0.151. The van der Waals surface area contributed by atoms with Crippen molar-refractivity contribution >= 4 is 24.8 Å². The Bertz CT molecular complexity index is 919. The third kappa shape index (κ3) is 5.45. The summed E-state index contributed by atoms with van der Waals surface area (Å²) in [5.74, 6) is -1.41. The molecule has 1 atom stereocenters. The van der Waals surface area contributed by atoms with E-state index in [0.29, 0.717) is 24.0 Å². The van der Waals surface area contributed by atoms with Gasteiger partial charge in [0, 0.05) is 31.1 Å². The molecule has 0 fully saturated rings. The number of carbonyl (C=O) groups is 3. The predicted octanol–water partition coefficient (Wildman–Crippen LogP) is 2.14. The van der Waals surface area contributed by atoms with Crippen molar-refractivity contribution in [2.24, 2.45) is 0 Å². The summed E-state index contributed by atoms with van der Waals surface area (Å²) >= 11 is 0. The number of carbonyl (C=O) groups excluding carboxylic acids is 3. The third-order valence-electron chi connectivity index (χ3n) is 4.81. The molecule has 156 valence electrons. The SMILES string of the molecule is CCC(=O)C[C@H]1Cc2cccc(C(=O)OCOC(=O)Cc3cccnc3)c2OB1O. The lowest BCUT2D eigenvalue weighted by Crippen LogP contribution is -2.35. The first-order valence-corrected chi connectivity index (χ1v) is 9.68. The molecule has 0 saturated carbocycles. The van der Waals surface area contributed by atoms with Gasteiger partial charge in [0.1, 0.15) is 17.1 Å². The highest BCUT2D eigenvalue weighted by Gasteiger charge is 2.37. The molecule has 0 spiro atoms. The molecule has 0 unspecified atom stereocenters. The molecule has 1 aromatic carbocycles. The number of hydrogen-bond acceptors (Lipinski definition) is 8. The number of Topliss-reactive ketones (excluding diaryl/α,β-unsaturated/α-hetero) is 1. The smallest absolute Gasteiger partial charge is 0.526 e. The number of rotatable bonds is 8. The van der Waals surface area contributed by atoms with E-state index in [1.54, 1.807) is 43.6 Å². The fourth-order valence-corrected chi connectivity index (χ4v) is 3.20. The molecule has 8 nitrogen and oxygen atoms in total. The second-order valence-corrected chi connectivity index (χ2v) is 6.97. The first-order valence-electron chi connectivity index (χ1n) is 9.68. The van der Waals surface area contributed by atoms with E-state index in [-0.39, 0.29) is 35.8 Å². The Morgan fingerprint density at radius 2 is 2.07 bits per heavy atom. The lowest BCUT2D eigenvalue weighted by atomic mass is 9.64. The normalized spacial score (nSPS) is 15.0. The van der Waals surface area contributed by atoms with Crippen LogP contribution < -0.4 is 4.65 Å². The molecule has 9 heteroatoms. The molecule has 1 aliphatic heterocycles. The molecule has 0 radical (unpaired) electrons. The molecule has 2 aromatic rings. The molecule has 0 bridgehead atoms. The van der Waals surface area contributed by atoms with E-state index in [1.165, 1.54) is 6.07 Å². The highest BCUT2D eigenvalue weighted by atomic mass is 16.7. The van der Waals surface area contributed by atoms with Gasteiger partial charge in [-0.05, 0) is 29.7 Å². The van der Waals surface area contributed by atoms with Crippen molar-refractivity contribution in [2.75, 3.05) is 6.79 Å². The van der Waals surface area contributed by atoms with E-state index >= 15 is 0 Å². The van der Waals surface area contributed by atoms with Gasteiger partial charge in [0.05, 0.1) is 6.42 Å². The van der Waals surface area contributed by atoms with E-state index in [0.717, 1.165) is 0 Å². The molecule has 1 aromatic heterocycles. The maximum Gasteiger partial charge on any atom is 0.526 e. The van der Waals surface area contributed by atoms with Gasteiger partial charge in [-0.3, -0.25) is 14.6 Å². The van der Waals surface area contributed by atoms with Gasteiger partial charge in [-0.25, -0.2) is 4.79 Å². The van der Waals surface area contributed by atoms with Crippen molar-refractivity contribution in [3.05, 3.63) is 59.4 Å². The summed E-state index contributed by atoms with van der Waals surface area (Å²) in [5.41, 5.74) is 1.51. The Morgan fingerprint density at radius 1 is 1.23 bits per heavy atom. The van der Waals surface area contributed by atoms with Crippen LogP contribution in [-0.2, 0) is 31.9 Å². The largest absolute Gasteiger partial charge is 0.535 e. The third-order valence-corrected chi connectivity index (χ3v) is 4.81. The van der Waals surface area contributed by atoms with Gasteiger partial charge in [-0.1, -0.05) is 25.1 Å². The van der Waals surface area contributed by atoms with Crippen LogP contribution in [-0.4, -0.2) is 41.6 Å². The molecule has 0 amide bonds. The number of benzene rings is 1. The number of fused-ring (bicyclic) bond motifs is 1. The Kier molecular flexibility index (Phi) is 7.19. The number of para-hydroxylation sites is 1. The molecule has 0 saturated heterocycles. The van der Waals surface area contributed by atoms with E-state index < -0.39 is 25.8 Å². The standard InChI is InChI=1S/C21H22BNO7/c1-2-17(24)11-16-10-15-6-3-7-18(20(15)30-22(16)27)21(26)29-13-28-19(25)9-14-5-4-8-23-12-14/h3-8,12,16,27H,2,9-11,13H2,1H3/t16-/m1/s1. The minimum atomic E-state index is -1.20. The number of hydrogen-bond donors (Lipinski definition) is 1. The zero-order valence-electron chi connectivity index (χ0n) is 16.6. The summed E-state index contributed by atoms with van der Waals surface area (Å²) < 4.78 is 15.5. The van der Waals surface area contributed by atoms with Gasteiger partial charge in [-0.2, -0.15) is 0 Å². The van der Waals surface area contributed by atoms with Crippen molar-refractivity contribution in [1.29, 1.82) is 0 Å². The van der Waals surface area contributed by atoms with Crippen LogP contribution in [0.5, 0.6) is 5.75 Å². The first-order chi connectivity index (χ1) is 14.5. The van der Waals surface area contributed by atoms with Crippen molar-refractivity contribution < 1.29 is 33.5 Å². The topological polar surface area (TPSA) is 112 Å². The Hall–Kier alpha value is -3.20. The van der Waals surface area contributed by atoms with Crippen LogP contribution in [0.2, 0.25) is 5.82 Å². The lowest BCUT2D eigenvalue weighted by Gasteiger charge is -2.28.